The van der Waals surface area contributed by atoms with Crippen molar-refractivity contribution >= 4 is 11.6 Å². The lowest BCUT2D eigenvalue weighted by Gasteiger charge is -2.20. The van der Waals surface area contributed by atoms with Gasteiger partial charge in [0.1, 0.15) is 0 Å². The molecular weight excluding hydrogens is 252 g/mol. The Kier molecular flexibility index (Phi) is 4.95. The third-order valence-electron chi connectivity index (χ3n) is 5.04. The van der Waals surface area contributed by atoms with E-state index in [9.17, 15) is 0 Å². The zero-order valence-electron chi connectivity index (χ0n) is 12.9. The molecule has 19 heavy (non-hydrogen) atoms. The molecule has 0 radical (unpaired) electrons. The summed E-state index contributed by atoms with van der Waals surface area (Å²) in [7, 11) is 0. The lowest BCUT2D eigenvalue weighted by atomic mass is 9.89. The van der Waals surface area contributed by atoms with Gasteiger partial charge in [0, 0.05) is 0 Å². The van der Waals surface area contributed by atoms with Crippen molar-refractivity contribution < 1.29 is 0 Å². The lowest BCUT2D eigenvalue weighted by molar-refractivity contribution is 0.479. The van der Waals surface area contributed by atoms with E-state index in [-0.39, 0.29) is 5.38 Å². The number of alkyl halides is 1. The smallest absolute Gasteiger partial charge is 0.0590 e. The van der Waals surface area contributed by atoms with Crippen LogP contribution in [0.5, 0.6) is 0 Å². The highest BCUT2D eigenvalue weighted by atomic mass is 35.5. The van der Waals surface area contributed by atoms with Crippen molar-refractivity contribution in [2.45, 2.75) is 71.6 Å². The van der Waals surface area contributed by atoms with Crippen LogP contribution < -0.4 is 0 Å². The average Bonchev–Trinajstić information content (AvgIpc) is 2.87. The molecule has 1 aliphatic rings. The quantitative estimate of drug-likeness (QED) is 0.578. The zero-order chi connectivity index (χ0) is 14.0. The topological polar surface area (TPSA) is 0 Å². The third kappa shape index (κ3) is 3.34. The first-order valence-corrected chi connectivity index (χ1v) is 8.15. The van der Waals surface area contributed by atoms with Crippen LogP contribution in [0.3, 0.4) is 0 Å². The summed E-state index contributed by atoms with van der Waals surface area (Å²) >= 11 is 6.74. The molecule has 0 heterocycles. The molecule has 0 aliphatic heterocycles. The molecule has 0 spiro atoms. The summed E-state index contributed by atoms with van der Waals surface area (Å²) < 4.78 is 0. The first kappa shape index (κ1) is 14.9. The van der Waals surface area contributed by atoms with Gasteiger partial charge in [0.25, 0.3) is 0 Å². The molecule has 2 rings (SSSR count). The molecule has 0 saturated heterocycles. The fraction of sp³-hybridized carbons (Fsp3) is 0.667. The molecule has 0 amide bonds. The normalized spacial score (nSPS) is 17.9. The molecule has 1 aromatic rings. The molecule has 1 heteroatoms. The van der Waals surface area contributed by atoms with E-state index in [0.29, 0.717) is 0 Å². The van der Waals surface area contributed by atoms with Crippen LogP contribution in [0.25, 0.3) is 0 Å². The lowest BCUT2D eigenvalue weighted by Crippen LogP contribution is -2.04. The Morgan fingerprint density at radius 3 is 2.11 bits per heavy atom. The highest BCUT2D eigenvalue weighted by molar-refractivity contribution is 6.21. The van der Waals surface area contributed by atoms with Gasteiger partial charge in [-0.1, -0.05) is 31.7 Å². The van der Waals surface area contributed by atoms with Crippen LogP contribution in [-0.2, 0) is 0 Å². The van der Waals surface area contributed by atoms with Crippen molar-refractivity contribution in [2.24, 2.45) is 5.92 Å². The fourth-order valence-electron chi connectivity index (χ4n) is 3.54. The summed E-state index contributed by atoms with van der Waals surface area (Å²) in [6, 6.07) is 2.29. The summed E-state index contributed by atoms with van der Waals surface area (Å²) in [5, 5.41) is 0.194. The first-order chi connectivity index (χ1) is 9.00. The number of aryl methyl sites for hydroxylation is 2. The van der Waals surface area contributed by atoms with E-state index in [0.717, 1.165) is 12.3 Å². The van der Waals surface area contributed by atoms with Crippen molar-refractivity contribution in [3.05, 3.63) is 33.9 Å². The number of rotatable bonds is 4. The van der Waals surface area contributed by atoms with E-state index in [1.807, 2.05) is 0 Å². The van der Waals surface area contributed by atoms with E-state index in [4.69, 9.17) is 11.6 Å². The summed E-state index contributed by atoms with van der Waals surface area (Å²) in [6.07, 6.45) is 8.15. The highest BCUT2D eigenvalue weighted by Crippen LogP contribution is 2.37. The van der Waals surface area contributed by atoms with Crippen LogP contribution in [0, 0.1) is 33.6 Å². The maximum Gasteiger partial charge on any atom is 0.0590 e. The van der Waals surface area contributed by atoms with Crippen LogP contribution in [-0.4, -0.2) is 0 Å². The maximum absolute atomic E-state index is 6.74. The molecule has 0 N–H and O–H groups in total. The van der Waals surface area contributed by atoms with Crippen molar-refractivity contribution in [2.75, 3.05) is 0 Å². The minimum absolute atomic E-state index is 0.194. The van der Waals surface area contributed by atoms with Crippen molar-refractivity contribution in [3.8, 4) is 0 Å². The summed E-state index contributed by atoms with van der Waals surface area (Å²) in [4.78, 5) is 0. The first-order valence-electron chi connectivity index (χ1n) is 7.72. The predicted octanol–water partition coefficient (Wildman–Crippen LogP) is 6.17. The van der Waals surface area contributed by atoms with E-state index >= 15 is 0 Å². The molecule has 1 fully saturated rings. The molecule has 1 unspecified atom stereocenters. The Labute approximate surface area is 123 Å². The number of hydrogen-bond donors (Lipinski definition) is 0. The highest BCUT2D eigenvalue weighted by Gasteiger charge is 2.20. The monoisotopic (exact) mass is 278 g/mol. The second kappa shape index (κ2) is 6.31. The standard InChI is InChI=1S/C18H27Cl/c1-12-11-13(2)15(4)18(14(12)3)17(19)10-9-16-7-5-6-8-16/h11,16-17H,5-10H2,1-4H3. The number of hydrogen-bond acceptors (Lipinski definition) is 0. The maximum atomic E-state index is 6.74. The largest absolute Gasteiger partial charge is 0.118 e. The van der Waals surface area contributed by atoms with Gasteiger partial charge >= 0.3 is 0 Å². The Hall–Kier alpha value is -0.490. The number of benzene rings is 1. The molecule has 0 nitrogen and oxygen atoms in total. The van der Waals surface area contributed by atoms with Crippen LogP contribution in [0.15, 0.2) is 6.07 Å². The second-order valence-electron chi connectivity index (χ2n) is 6.37. The van der Waals surface area contributed by atoms with Crippen molar-refractivity contribution in [1.29, 1.82) is 0 Å². The minimum Gasteiger partial charge on any atom is -0.118 e. The molecular formula is C18H27Cl. The molecule has 1 atom stereocenters. The zero-order valence-corrected chi connectivity index (χ0v) is 13.6. The molecule has 1 saturated carbocycles. The van der Waals surface area contributed by atoms with Crippen LogP contribution in [0.1, 0.15) is 71.7 Å². The van der Waals surface area contributed by atoms with Crippen molar-refractivity contribution in [1.82, 2.24) is 0 Å². The van der Waals surface area contributed by atoms with E-state index in [1.165, 1.54) is 59.9 Å². The molecule has 0 aromatic heterocycles. The van der Waals surface area contributed by atoms with E-state index < -0.39 is 0 Å². The fourth-order valence-corrected chi connectivity index (χ4v) is 4.00. The van der Waals surface area contributed by atoms with Crippen molar-refractivity contribution in [3.63, 3.8) is 0 Å². The summed E-state index contributed by atoms with van der Waals surface area (Å²) in [6.45, 7) is 8.85. The van der Waals surface area contributed by atoms with Gasteiger partial charge in [0.15, 0.2) is 0 Å². The van der Waals surface area contributed by atoms with Gasteiger partial charge in [0.05, 0.1) is 5.38 Å². The third-order valence-corrected chi connectivity index (χ3v) is 5.48. The van der Waals surface area contributed by atoms with Gasteiger partial charge in [-0.2, -0.15) is 0 Å². The summed E-state index contributed by atoms with van der Waals surface area (Å²) in [5.74, 6) is 0.938. The minimum atomic E-state index is 0.194. The molecule has 1 aromatic carbocycles. The number of halogens is 1. The Balaban J connectivity index is 2.11. The average molecular weight is 279 g/mol. The van der Waals surface area contributed by atoms with Gasteiger partial charge < -0.3 is 0 Å². The molecule has 106 valence electrons. The van der Waals surface area contributed by atoms with Crippen LogP contribution in [0.4, 0.5) is 0 Å². The Bertz CT molecular complexity index is 415. The van der Waals surface area contributed by atoms with Crippen LogP contribution >= 0.6 is 11.6 Å². The predicted molar refractivity (Wildman–Crippen MR) is 85.2 cm³/mol. The molecule has 0 bridgehead atoms. The van der Waals surface area contributed by atoms with Gasteiger partial charge in [-0.05, 0) is 74.3 Å². The van der Waals surface area contributed by atoms with Gasteiger partial charge in [0.2, 0.25) is 0 Å². The summed E-state index contributed by atoms with van der Waals surface area (Å²) in [5.41, 5.74) is 6.95. The SMILES string of the molecule is Cc1cc(C)c(C)c(C(Cl)CCC2CCCC2)c1C. The van der Waals surface area contributed by atoms with E-state index in [1.54, 1.807) is 0 Å². The van der Waals surface area contributed by atoms with Gasteiger partial charge in [-0.15, -0.1) is 11.6 Å². The van der Waals surface area contributed by atoms with E-state index in [2.05, 4.69) is 33.8 Å². The van der Waals surface area contributed by atoms with Gasteiger partial charge in [-0.3, -0.25) is 0 Å². The Morgan fingerprint density at radius 2 is 1.58 bits per heavy atom. The van der Waals surface area contributed by atoms with Gasteiger partial charge in [-0.25, -0.2) is 0 Å². The Morgan fingerprint density at radius 1 is 1.05 bits per heavy atom. The second-order valence-corrected chi connectivity index (χ2v) is 6.90. The van der Waals surface area contributed by atoms with Crippen LogP contribution in [0.2, 0.25) is 0 Å². The molecule has 1 aliphatic carbocycles.